The lowest BCUT2D eigenvalue weighted by Crippen LogP contribution is -2.31. The minimum atomic E-state index is -0.000719. The number of likely N-dealkylation sites (N-methyl/N-ethyl adjacent to an activating group) is 1. The first-order valence-corrected chi connectivity index (χ1v) is 9.62. The van der Waals surface area contributed by atoms with Crippen molar-refractivity contribution in [1.82, 2.24) is 4.90 Å². The number of ether oxygens (including phenoxy) is 1. The minimum absolute atomic E-state index is 0.000719. The second-order valence-corrected chi connectivity index (χ2v) is 6.86. The Labute approximate surface area is 154 Å². The quantitative estimate of drug-likeness (QED) is 0.542. The molecule has 0 radical (unpaired) electrons. The van der Waals surface area contributed by atoms with Gasteiger partial charge in [0.2, 0.25) is 5.91 Å². The number of nitrogens with zero attached hydrogens (tertiary/aromatic N) is 1. The number of benzene rings is 2. The third-order valence-electron chi connectivity index (χ3n) is 3.82. The summed E-state index contributed by atoms with van der Waals surface area (Å²) in [4.78, 5) is 15.3. The van der Waals surface area contributed by atoms with Gasteiger partial charge in [0.1, 0.15) is 5.75 Å². The van der Waals surface area contributed by atoms with E-state index in [0.717, 1.165) is 30.0 Å². The highest BCUT2D eigenvalue weighted by molar-refractivity contribution is 7.98. The number of carbonyl (C=O) groups is 1. The molecule has 1 amide bonds. The van der Waals surface area contributed by atoms with Gasteiger partial charge in [-0.1, -0.05) is 18.2 Å². The SMILES string of the molecule is CSc1ccc(NC(=O)CN(C)CCCOc2ccccc2C)cc1. The van der Waals surface area contributed by atoms with Gasteiger partial charge in [0.25, 0.3) is 0 Å². The maximum atomic E-state index is 12.1. The fraction of sp³-hybridized carbons (Fsp3) is 0.350. The van der Waals surface area contributed by atoms with Gasteiger partial charge in [-0.25, -0.2) is 0 Å². The van der Waals surface area contributed by atoms with E-state index in [4.69, 9.17) is 4.74 Å². The molecule has 0 aromatic heterocycles. The van der Waals surface area contributed by atoms with Gasteiger partial charge in [-0.05, 0) is 62.5 Å². The van der Waals surface area contributed by atoms with Crippen LogP contribution in [0.5, 0.6) is 5.75 Å². The predicted molar refractivity (Wildman–Crippen MR) is 106 cm³/mol. The van der Waals surface area contributed by atoms with Crippen LogP contribution in [-0.4, -0.2) is 43.8 Å². The molecule has 2 rings (SSSR count). The molecule has 0 saturated carbocycles. The third-order valence-corrected chi connectivity index (χ3v) is 4.57. The summed E-state index contributed by atoms with van der Waals surface area (Å²) in [5.74, 6) is 0.927. The van der Waals surface area contributed by atoms with Crippen LogP contribution in [0.3, 0.4) is 0 Å². The Balaban J connectivity index is 1.66. The molecule has 0 aliphatic carbocycles. The Morgan fingerprint density at radius 1 is 1.16 bits per heavy atom. The maximum Gasteiger partial charge on any atom is 0.238 e. The summed E-state index contributed by atoms with van der Waals surface area (Å²) in [6.45, 7) is 3.86. The minimum Gasteiger partial charge on any atom is -0.493 e. The van der Waals surface area contributed by atoms with Crippen molar-refractivity contribution in [3.8, 4) is 5.75 Å². The molecule has 5 heteroatoms. The van der Waals surface area contributed by atoms with Crippen molar-refractivity contribution < 1.29 is 9.53 Å². The molecule has 0 heterocycles. The lowest BCUT2D eigenvalue weighted by atomic mass is 10.2. The molecule has 0 aliphatic rings. The number of amides is 1. The smallest absolute Gasteiger partial charge is 0.238 e. The standard InChI is InChI=1S/C20H26N2O2S/c1-16-7-4-5-8-19(16)24-14-6-13-22(2)15-20(23)21-17-9-11-18(25-3)12-10-17/h4-5,7-12H,6,13-15H2,1-3H3,(H,21,23). The molecular weight excluding hydrogens is 332 g/mol. The monoisotopic (exact) mass is 358 g/mol. The van der Waals surface area contributed by atoms with Gasteiger partial charge < -0.3 is 10.1 Å². The molecule has 0 bridgehead atoms. The molecular formula is C20H26N2O2S. The number of hydrogen-bond acceptors (Lipinski definition) is 4. The van der Waals surface area contributed by atoms with Crippen LogP contribution in [0.2, 0.25) is 0 Å². The maximum absolute atomic E-state index is 12.1. The van der Waals surface area contributed by atoms with Crippen LogP contribution in [0.1, 0.15) is 12.0 Å². The van der Waals surface area contributed by atoms with Crippen molar-refractivity contribution in [2.75, 3.05) is 38.3 Å². The van der Waals surface area contributed by atoms with Gasteiger partial charge in [0.15, 0.2) is 0 Å². The number of nitrogens with one attached hydrogen (secondary N) is 1. The van der Waals surface area contributed by atoms with E-state index in [0.29, 0.717) is 13.2 Å². The van der Waals surface area contributed by atoms with E-state index in [1.165, 1.54) is 4.90 Å². The number of rotatable bonds is 9. The van der Waals surface area contributed by atoms with Gasteiger partial charge in [-0.3, -0.25) is 9.69 Å². The van der Waals surface area contributed by atoms with Crippen LogP contribution in [0, 0.1) is 6.92 Å². The Morgan fingerprint density at radius 3 is 2.56 bits per heavy atom. The van der Waals surface area contributed by atoms with Gasteiger partial charge in [-0.2, -0.15) is 0 Å². The number of aryl methyl sites for hydroxylation is 1. The summed E-state index contributed by atoms with van der Waals surface area (Å²) in [6, 6.07) is 15.9. The number of para-hydroxylation sites is 1. The first kappa shape index (κ1) is 19.3. The summed E-state index contributed by atoms with van der Waals surface area (Å²) in [5, 5.41) is 2.93. The summed E-state index contributed by atoms with van der Waals surface area (Å²) in [6.07, 6.45) is 2.91. The first-order valence-electron chi connectivity index (χ1n) is 8.39. The van der Waals surface area contributed by atoms with Gasteiger partial charge in [-0.15, -0.1) is 11.8 Å². The largest absolute Gasteiger partial charge is 0.493 e. The molecule has 0 atom stereocenters. The van der Waals surface area contributed by atoms with Gasteiger partial charge in [0.05, 0.1) is 13.2 Å². The molecule has 2 aromatic rings. The molecule has 4 nitrogen and oxygen atoms in total. The number of thioether (sulfide) groups is 1. The highest BCUT2D eigenvalue weighted by Gasteiger charge is 2.07. The van der Waals surface area contributed by atoms with Crippen molar-refractivity contribution in [2.45, 2.75) is 18.2 Å². The third kappa shape index (κ3) is 6.80. The average Bonchev–Trinajstić information content (AvgIpc) is 2.60. The zero-order valence-corrected chi connectivity index (χ0v) is 15.9. The van der Waals surface area contributed by atoms with E-state index in [2.05, 4.69) is 5.32 Å². The van der Waals surface area contributed by atoms with Crippen LogP contribution in [-0.2, 0) is 4.79 Å². The fourth-order valence-electron chi connectivity index (χ4n) is 2.43. The lowest BCUT2D eigenvalue weighted by molar-refractivity contribution is -0.117. The van der Waals surface area contributed by atoms with E-state index in [9.17, 15) is 4.79 Å². The Bertz CT molecular complexity index is 674. The van der Waals surface area contributed by atoms with Crippen LogP contribution in [0.25, 0.3) is 0 Å². The average molecular weight is 359 g/mol. The summed E-state index contributed by atoms with van der Waals surface area (Å²) < 4.78 is 5.78. The zero-order chi connectivity index (χ0) is 18.1. The summed E-state index contributed by atoms with van der Waals surface area (Å²) in [5.41, 5.74) is 1.97. The van der Waals surface area contributed by atoms with E-state index >= 15 is 0 Å². The zero-order valence-electron chi connectivity index (χ0n) is 15.1. The molecule has 2 aromatic carbocycles. The lowest BCUT2D eigenvalue weighted by Gasteiger charge is -2.17. The summed E-state index contributed by atoms with van der Waals surface area (Å²) >= 11 is 1.68. The number of hydrogen-bond donors (Lipinski definition) is 1. The molecule has 1 N–H and O–H groups in total. The highest BCUT2D eigenvalue weighted by atomic mass is 32.2. The topological polar surface area (TPSA) is 41.6 Å². The van der Waals surface area contributed by atoms with E-state index in [-0.39, 0.29) is 5.91 Å². The highest BCUT2D eigenvalue weighted by Crippen LogP contribution is 2.17. The van der Waals surface area contributed by atoms with Crippen molar-refractivity contribution in [3.63, 3.8) is 0 Å². The second-order valence-electron chi connectivity index (χ2n) is 5.98. The number of anilines is 1. The van der Waals surface area contributed by atoms with Crippen molar-refractivity contribution in [2.24, 2.45) is 0 Å². The molecule has 0 unspecified atom stereocenters. The van der Waals surface area contributed by atoms with E-state index < -0.39 is 0 Å². The van der Waals surface area contributed by atoms with E-state index in [1.54, 1.807) is 11.8 Å². The Hall–Kier alpha value is -1.98. The van der Waals surface area contributed by atoms with Crippen LogP contribution < -0.4 is 10.1 Å². The molecule has 25 heavy (non-hydrogen) atoms. The molecule has 134 valence electrons. The normalized spacial score (nSPS) is 10.7. The van der Waals surface area contributed by atoms with Gasteiger partial charge in [0, 0.05) is 17.1 Å². The molecule has 0 spiro atoms. The van der Waals surface area contributed by atoms with Crippen LogP contribution in [0.15, 0.2) is 53.4 Å². The molecule has 0 saturated heterocycles. The van der Waals surface area contributed by atoms with Crippen molar-refractivity contribution >= 4 is 23.4 Å². The first-order chi connectivity index (χ1) is 12.1. The second kappa shape index (κ2) is 10.1. The van der Waals surface area contributed by atoms with Crippen molar-refractivity contribution in [1.29, 1.82) is 0 Å². The Kier molecular flexibility index (Phi) is 7.82. The predicted octanol–water partition coefficient (Wildman–Crippen LogP) is 4.06. The van der Waals surface area contributed by atoms with E-state index in [1.807, 2.05) is 73.7 Å². The van der Waals surface area contributed by atoms with Gasteiger partial charge >= 0.3 is 0 Å². The van der Waals surface area contributed by atoms with Crippen LogP contribution >= 0.6 is 11.8 Å². The number of carbonyl (C=O) groups excluding carboxylic acids is 1. The van der Waals surface area contributed by atoms with Crippen LogP contribution in [0.4, 0.5) is 5.69 Å². The summed E-state index contributed by atoms with van der Waals surface area (Å²) in [7, 11) is 1.95. The molecule has 0 aliphatic heterocycles. The van der Waals surface area contributed by atoms with Crippen molar-refractivity contribution in [3.05, 3.63) is 54.1 Å². The Morgan fingerprint density at radius 2 is 1.88 bits per heavy atom. The fourth-order valence-corrected chi connectivity index (χ4v) is 2.84. The molecule has 0 fully saturated rings.